The van der Waals surface area contributed by atoms with Crippen molar-refractivity contribution >= 4 is 28.8 Å². The van der Waals surface area contributed by atoms with Crippen LogP contribution in [0.4, 0.5) is 0 Å². The minimum atomic E-state index is -0.245. The number of carbonyl (C=O) groups excluding carboxylic acids is 1. The van der Waals surface area contributed by atoms with E-state index in [2.05, 4.69) is 14.7 Å². The monoisotopic (exact) mass is 292 g/mol. The van der Waals surface area contributed by atoms with Crippen LogP contribution in [0.25, 0.3) is 11.0 Å². The van der Waals surface area contributed by atoms with Gasteiger partial charge in [-0.1, -0.05) is 19.1 Å². The zero-order valence-corrected chi connectivity index (χ0v) is 12.2. The summed E-state index contributed by atoms with van der Waals surface area (Å²) in [5.74, 6) is 0.226. The fourth-order valence-corrected chi connectivity index (χ4v) is 2.66. The lowest BCUT2D eigenvalue weighted by Crippen LogP contribution is -2.16. The van der Waals surface area contributed by atoms with Crippen molar-refractivity contribution in [1.29, 1.82) is 0 Å². The summed E-state index contributed by atoms with van der Waals surface area (Å²) in [5.41, 5.74) is 1.80. The number of hydrogen-bond acceptors (Lipinski definition) is 5. The summed E-state index contributed by atoms with van der Waals surface area (Å²) in [6, 6.07) is 7.41. The lowest BCUT2D eigenvalue weighted by atomic mass is 10.3. The van der Waals surface area contributed by atoms with E-state index in [-0.39, 0.29) is 16.8 Å². The van der Waals surface area contributed by atoms with E-state index in [0.717, 1.165) is 11.0 Å². The number of nitrogens with one attached hydrogen (secondary N) is 1. The Hall–Kier alpha value is -1.82. The number of hydrogen-bond donors (Lipinski definition) is 1. The van der Waals surface area contributed by atoms with Gasteiger partial charge in [0.2, 0.25) is 0 Å². The van der Waals surface area contributed by atoms with Crippen molar-refractivity contribution in [2.24, 2.45) is 0 Å². The second kappa shape index (κ2) is 6.56. The first-order valence-electron chi connectivity index (χ1n) is 6.26. The third-order valence-electron chi connectivity index (χ3n) is 2.86. The highest BCUT2D eigenvalue weighted by Gasteiger charge is 2.12. The number of methoxy groups -OCH3 is 1. The zero-order chi connectivity index (χ0) is 14.5. The molecule has 0 saturated heterocycles. The number of aromatic amines is 1. The molecule has 2 rings (SSSR count). The number of nitrogens with zero attached hydrogens (tertiary/aromatic N) is 1. The van der Waals surface area contributed by atoms with Gasteiger partial charge < -0.3 is 9.72 Å². The topological polar surface area (TPSA) is 72.0 Å². The normalized spacial score (nSPS) is 12.3. The molecule has 1 aromatic heterocycles. The van der Waals surface area contributed by atoms with E-state index in [1.807, 2.05) is 31.2 Å². The highest BCUT2D eigenvalue weighted by molar-refractivity contribution is 7.99. The van der Waals surface area contributed by atoms with E-state index in [4.69, 9.17) is 0 Å². The van der Waals surface area contributed by atoms with Gasteiger partial charge in [-0.05, 0) is 12.1 Å². The van der Waals surface area contributed by atoms with Gasteiger partial charge in [0.1, 0.15) is 5.69 Å². The third-order valence-corrected chi connectivity index (χ3v) is 4.03. The summed E-state index contributed by atoms with van der Waals surface area (Å²) in [6.45, 7) is 1.93. The second-order valence-electron chi connectivity index (χ2n) is 4.43. The van der Waals surface area contributed by atoms with Gasteiger partial charge in [0.05, 0.1) is 24.6 Å². The number of thioether (sulfide) groups is 1. The Balaban J connectivity index is 2.08. The molecule has 0 aliphatic carbocycles. The smallest absolute Gasteiger partial charge is 0.306 e. The molecule has 0 saturated carbocycles. The number of carbonyl (C=O) groups is 1. The van der Waals surface area contributed by atoms with Gasteiger partial charge in [-0.2, -0.15) is 11.8 Å². The van der Waals surface area contributed by atoms with Gasteiger partial charge in [0, 0.05) is 11.0 Å². The molecular formula is C14H16N2O3S. The average Bonchev–Trinajstić information content (AvgIpc) is 2.44. The zero-order valence-electron chi connectivity index (χ0n) is 11.4. The average molecular weight is 292 g/mol. The predicted molar refractivity (Wildman–Crippen MR) is 79.8 cm³/mol. The van der Waals surface area contributed by atoms with Crippen molar-refractivity contribution in [2.75, 3.05) is 7.11 Å². The Labute approximate surface area is 120 Å². The maximum Gasteiger partial charge on any atom is 0.306 e. The molecule has 0 aliphatic rings. The second-order valence-corrected chi connectivity index (χ2v) is 5.86. The minimum absolute atomic E-state index is 0.0788. The molecule has 1 atom stereocenters. The van der Waals surface area contributed by atoms with Crippen molar-refractivity contribution in [3.8, 4) is 0 Å². The summed E-state index contributed by atoms with van der Waals surface area (Å²) >= 11 is 1.51. The lowest BCUT2D eigenvalue weighted by Gasteiger charge is -2.09. The Morgan fingerprint density at radius 2 is 2.20 bits per heavy atom. The number of para-hydroxylation sites is 2. The number of esters is 1. The number of rotatable bonds is 5. The van der Waals surface area contributed by atoms with E-state index in [1.54, 1.807) is 0 Å². The third kappa shape index (κ3) is 3.60. The molecular weight excluding hydrogens is 276 g/mol. The molecule has 1 unspecified atom stereocenters. The maximum atomic E-state index is 11.9. The molecule has 106 valence electrons. The summed E-state index contributed by atoms with van der Waals surface area (Å²) in [4.78, 5) is 30.2. The van der Waals surface area contributed by atoms with Crippen LogP contribution in [0, 0.1) is 0 Å². The molecule has 1 N–H and O–H groups in total. The van der Waals surface area contributed by atoms with Crippen LogP contribution in [0.15, 0.2) is 29.1 Å². The van der Waals surface area contributed by atoms with Crippen LogP contribution >= 0.6 is 11.8 Å². The van der Waals surface area contributed by atoms with Gasteiger partial charge in [0.15, 0.2) is 0 Å². The predicted octanol–water partition coefficient (Wildman–Crippen LogP) is 2.11. The van der Waals surface area contributed by atoms with E-state index in [9.17, 15) is 9.59 Å². The summed E-state index contributed by atoms with van der Waals surface area (Å²) in [7, 11) is 1.37. The van der Waals surface area contributed by atoms with Crippen LogP contribution in [0.1, 0.15) is 19.0 Å². The molecule has 0 radical (unpaired) electrons. The van der Waals surface area contributed by atoms with Crippen molar-refractivity contribution in [3.63, 3.8) is 0 Å². The lowest BCUT2D eigenvalue weighted by molar-refractivity contribution is -0.140. The minimum Gasteiger partial charge on any atom is -0.469 e. The van der Waals surface area contributed by atoms with Crippen LogP contribution < -0.4 is 5.56 Å². The molecule has 20 heavy (non-hydrogen) atoms. The first-order chi connectivity index (χ1) is 9.60. The Bertz CT molecular complexity index is 669. The Kier molecular flexibility index (Phi) is 4.79. The molecule has 0 fully saturated rings. The van der Waals surface area contributed by atoms with Gasteiger partial charge in [0.25, 0.3) is 5.56 Å². The molecule has 6 heteroatoms. The molecule has 2 aromatic rings. The standard InChI is InChI=1S/C14H16N2O3S/c1-9(7-13(17)19-2)20-8-12-14(18)16-11-6-4-3-5-10(11)15-12/h3-6,9H,7-8H2,1-2H3,(H,16,18). The van der Waals surface area contributed by atoms with E-state index < -0.39 is 0 Å². The number of ether oxygens (including phenoxy) is 1. The Morgan fingerprint density at radius 3 is 2.95 bits per heavy atom. The number of H-pyrrole nitrogens is 1. The fraction of sp³-hybridized carbons (Fsp3) is 0.357. The molecule has 1 aromatic carbocycles. The van der Waals surface area contributed by atoms with E-state index in [1.165, 1.54) is 18.9 Å². The summed E-state index contributed by atoms with van der Waals surface area (Å²) < 4.78 is 4.62. The summed E-state index contributed by atoms with van der Waals surface area (Å²) in [6.07, 6.45) is 0.326. The number of benzene rings is 1. The molecule has 0 aliphatic heterocycles. The van der Waals surface area contributed by atoms with Crippen LogP contribution in [0.2, 0.25) is 0 Å². The number of fused-ring (bicyclic) bond motifs is 1. The van der Waals surface area contributed by atoms with Crippen LogP contribution in [-0.4, -0.2) is 28.3 Å². The Morgan fingerprint density at radius 1 is 1.45 bits per heavy atom. The van der Waals surface area contributed by atoms with Crippen molar-refractivity contribution in [2.45, 2.75) is 24.3 Å². The largest absolute Gasteiger partial charge is 0.469 e. The van der Waals surface area contributed by atoms with E-state index >= 15 is 0 Å². The van der Waals surface area contributed by atoms with Crippen LogP contribution in [0.3, 0.4) is 0 Å². The fourth-order valence-electron chi connectivity index (χ4n) is 1.76. The highest BCUT2D eigenvalue weighted by atomic mass is 32.2. The molecule has 5 nitrogen and oxygen atoms in total. The summed E-state index contributed by atoms with van der Waals surface area (Å²) in [5, 5.41) is 0.0788. The van der Waals surface area contributed by atoms with Crippen molar-refractivity contribution in [3.05, 3.63) is 40.3 Å². The quantitative estimate of drug-likeness (QED) is 0.855. The number of aromatic nitrogens is 2. The van der Waals surface area contributed by atoms with Crippen molar-refractivity contribution in [1.82, 2.24) is 9.97 Å². The maximum absolute atomic E-state index is 11.9. The SMILES string of the molecule is COC(=O)CC(C)SCc1nc2ccccc2[nH]c1=O. The van der Waals surface area contributed by atoms with Gasteiger partial charge in [-0.25, -0.2) is 4.98 Å². The first kappa shape index (κ1) is 14.6. The van der Waals surface area contributed by atoms with Gasteiger partial charge in [-0.15, -0.1) is 0 Å². The van der Waals surface area contributed by atoms with Crippen LogP contribution in [0.5, 0.6) is 0 Å². The molecule has 0 bridgehead atoms. The first-order valence-corrected chi connectivity index (χ1v) is 7.31. The van der Waals surface area contributed by atoms with Crippen molar-refractivity contribution < 1.29 is 9.53 Å². The van der Waals surface area contributed by atoms with E-state index in [0.29, 0.717) is 17.9 Å². The highest BCUT2D eigenvalue weighted by Crippen LogP contribution is 2.18. The van der Waals surface area contributed by atoms with Crippen LogP contribution in [-0.2, 0) is 15.3 Å². The molecule has 0 amide bonds. The molecule has 0 spiro atoms. The van der Waals surface area contributed by atoms with Gasteiger partial charge >= 0.3 is 5.97 Å². The van der Waals surface area contributed by atoms with Gasteiger partial charge in [-0.3, -0.25) is 9.59 Å². The molecule has 1 heterocycles.